The van der Waals surface area contributed by atoms with Crippen molar-refractivity contribution in [3.05, 3.63) is 30.1 Å². The van der Waals surface area contributed by atoms with Crippen LogP contribution < -0.4 is 0 Å². The maximum atomic E-state index is 12.7. The van der Waals surface area contributed by atoms with Crippen molar-refractivity contribution in [3.8, 4) is 0 Å². The number of aromatic nitrogens is 1. The van der Waals surface area contributed by atoms with E-state index in [1.165, 1.54) is 32.1 Å². The van der Waals surface area contributed by atoms with E-state index in [1.54, 1.807) is 19.5 Å². The molecule has 0 unspecified atom stereocenters. The second-order valence-electron chi connectivity index (χ2n) is 8.45. The minimum atomic E-state index is -0.409. The lowest BCUT2D eigenvalue weighted by molar-refractivity contribution is -0.178. The van der Waals surface area contributed by atoms with Gasteiger partial charge in [0.1, 0.15) is 0 Å². The fourth-order valence-corrected chi connectivity index (χ4v) is 5.18. The summed E-state index contributed by atoms with van der Waals surface area (Å²) in [6.45, 7) is 1.50. The smallest absolute Gasteiger partial charge is 0.255 e. The predicted octanol–water partition coefficient (Wildman–Crippen LogP) is 2.94. The van der Waals surface area contributed by atoms with Gasteiger partial charge in [0.15, 0.2) is 6.10 Å². The average molecular weight is 386 g/mol. The first-order valence-electron chi connectivity index (χ1n) is 10.7. The first-order chi connectivity index (χ1) is 13.7. The van der Waals surface area contributed by atoms with Gasteiger partial charge in [-0.15, -0.1) is 0 Å². The molecule has 2 aliphatic heterocycles. The standard InChI is InChI=1S/C22H31N3O3/c1-28-21-20(17-7-11-23-12-8-17)25(22(21)27)18-9-13-24(14-10-18)19(26)15-16-5-3-2-4-6-16/h7-8,11-12,16,18,20-21H,2-6,9-10,13-15H2,1H3/t20-,21+/m0/s1. The quantitative estimate of drug-likeness (QED) is 0.731. The third kappa shape index (κ3) is 3.79. The number of likely N-dealkylation sites (tertiary alicyclic amines) is 2. The minimum Gasteiger partial charge on any atom is -0.369 e. The van der Waals surface area contributed by atoms with E-state index < -0.39 is 6.10 Å². The van der Waals surface area contributed by atoms with E-state index in [9.17, 15) is 9.59 Å². The number of piperidine rings is 1. The summed E-state index contributed by atoms with van der Waals surface area (Å²) >= 11 is 0. The van der Waals surface area contributed by atoms with E-state index in [0.29, 0.717) is 18.2 Å². The monoisotopic (exact) mass is 385 g/mol. The molecule has 3 aliphatic rings. The number of ether oxygens (including phenoxy) is 1. The van der Waals surface area contributed by atoms with Gasteiger partial charge in [0.2, 0.25) is 5.91 Å². The van der Waals surface area contributed by atoms with Crippen molar-refractivity contribution in [2.45, 2.75) is 69.6 Å². The molecule has 3 heterocycles. The lowest BCUT2D eigenvalue weighted by atomic mass is 9.85. The van der Waals surface area contributed by atoms with Crippen LogP contribution in [0.25, 0.3) is 0 Å². The van der Waals surface area contributed by atoms with Crippen molar-refractivity contribution >= 4 is 11.8 Å². The van der Waals surface area contributed by atoms with E-state index in [0.717, 1.165) is 31.5 Å². The largest absolute Gasteiger partial charge is 0.369 e. The number of carbonyl (C=O) groups excluding carboxylic acids is 2. The molecule has 0 N–H and O–H groups in total. The van der Waals surface area contributed by atoms with Crippen molar-refractivity contribution in [2.24, 2.45) is 5.92 Å². The van der Waals surface area contributed by atoms with Crippen LogP contribution >= 0.6 is 0 Å². The number of carbonyl (C=O) groups is 2. The van der Waals surface area contributed by atoms with Gasteiger partial charge >= 0.3 is 0 Å². The normalized spacial score (nSPS) is 27.0. The van der Waals surface area contributed by atoms with Crippen LogP contribution in [-0.4, -0.2) is 58.9 Å². The van der Waals surface area contributed by atoms with E-state index >= 15 is 0 Å². The number of rotatable bonds is 5. The summed E-state index contributed by atoms with van der Waals surface area (Å²) in [5, 5.41) is 0. The Morgan fingerprint density at radius 1 is 1.11 bits per heavy atom. The molecule has 6 heteroatoms. The van der Waals surface area contributed by atoms with Gasteiger partial charge in [-0.25, -0.2) is 0 Å². The summed E-state index contributed by atoms with van der Waals surface area (Å²) in [6, 6.07) is 4.04. The van der Waals surface area contributed by atoms with Crippen molar-refractivity contribution in [1.29, 1.82) is 0 Å². The summed E-state index contributed by atoms with van der Waals surface area (Å²) in [5.41, 5.74) is 1.07. The Morgan fingerprint density at radius 2 is 1.79 bits per heavy atom. The third-order valence-electron chi connectivity index (χ3n) is 6.78. The molecule has 152 valence electrons. The van der Waals surface area contributed by atoms with Crippen molar-refractivity contribution in [2.75, 3.05) is 20.2 Å². The number of nitrogens with zero attached hydrogens (tertiary/aromatic N) is 3. The number of pyridine rings is 1. The van der Waals surface area contributed by atoms with Crippen LogP contribution in [0, 0.1) is 5.92 Å². The van der Waals surface area contributed by atoms with Gasteiger partial charge in [-0.2, -0.15) is 0 Å². The number of amides is 2. The Balaban J connectivity index is 1.35. The molecule has 1 aromatic rings. The highest BCUT2D eigenvalue weighted by atomic mass is 16.5. The molecule has 3 fully saturated rings. The molecule has 2 saturated heterocycles. The van der Waals surface area contributed by atoms with Gasteiger partial charge in [0.05, 0.1) is 6.04 Å². The highest BCUT2D eigenvalue weighted by molar-refractivity contribution is 5.89. The fraction of sp³-hybridized carbons (Fsp3) is 0.682. The Bertz CT molecular complexity index is 682. The molecule has 28 heavy (non-hydrogen) atoms. The maximum Gasteiger partial charge on any atom is 0.255 e. The second-order valence-corrected chi connectivity index (χ2v) is 8.45. The van der Waals surface area contributed by atoms with Crippen LogP contribution in [0.3, 0.4) is 0 Å². The first kappa shape index (κ1) is 19.4. The van der Waals surface area contributed by atoms with Crippen LogP contribution in [-0.2, 0) is 14.3 Å². The average Bonchev–Trinajstić information content (AvgIpc) is 2.74. The molecule has 1 aromatic heterocycles. The summed E-state index contributed by atoms with van der Waals surface area (Å²) in [4.78, 5) is 33.4. The van der Waals surface area contributed by atoms with Crippen LogP contribution in [0.1, 0.15) is 63.0 Å². The molecule has 2 amide bonds. The van der Waals surface area contributed by atoms with Crippen LogP contribution in [0.15, 0.2) is 24.5 Å². The van der Waals surface area contributed by atoms with E-state index in [1.807, 2.05) is 21.9 Å². The number of hydrogen-bond donors (Lipinski definition) is 0. The number of methoxy groups -OCH3 is 1. The molecule has 0 spiro atoms. The molecule has 1 aliphatic carbocycles. The van der Waals surface area contributed by atoms with Gasteiger partial charge in [-0.1, -0.05) is 19.3 Å². The SMILES string of the molecule is CO[C@H]1C(=O)N(C2CCN(C(=O)CC3CCCCC3)CC2)[C@H]1c1ccncc1. The molecule has 0 bridgehead atoms. The van der Waals surface area contributed by atoms with Gasteiger partial charge < -0.3 is 14.5 Å². The fourth-order valence-electron chi connectivity index (χ4n) is 5.18. The minimum absolute atomic E-state index is 0.0463. The predicted molar refractivity (Wildman–Crippen MR) is 105 cm³/mol. The van der Waals surface area contributed by atoms with E-state index in [4.69, 9.17) is 4.74 Å². The number of hydrogen-bond acceptors (Lipinski definition) is 4. The van der Waals surface area contributed by atoms with Gasteiger partial charge in [-0.3, -0.25) is 14.6 Å². The zero-order valence-electron chi connectivity index (χ0n) is 16.8. The molecule has 2 atom stereocenters. The zero-order valence-corrected chi connectivity index (χ0v) is 16.8. The second kappa shape index (κ2) is 8.60. The first-order valence-corrected chi connectivity index (χ1v) is 10.7. The summed E-state index contributed by atoms with van der Waals surface area (Å²) in [6.07, 6.45) is 11.8. The lowest BCUT2D eigenvalue weighted by Crippen LogP contribution is -2.64. The Hall–Kier alpha value is -1.95. The summed E-state index contributed by atoms with van der Waals surface area (Å²) in [5.74, 6) is 0.950. The number of β-lactam (4-membered cyclic amide) rings is 1. The van der Waals surface area contributed by atoms with Crippen LogP contribution in [0.2, 0.25) is 0 Å². The Morgan fingerprint density at radius 3 is 2.43 bits per heavy atom. The molecule has 6 nitrogen and oxygen atoms in total. The summed E-state index contributed by atoms with van der Waals surface area (Å²) in [7, 11) is 1.60. The van der Waals surface area contributed by atoms with E-state index in [-0.39, 0.29) is 18.0 Å². The Kier molecular flexibility index (Phi) is 5.95. The lowest BCUT2D eigenvalue weighted by Gasteiger charge is -2.52. The van der Waals surface area contributed by atoms with Crippen molar-refractivity contribution < 1.29 is 14.3 Å². The highest BCUT2D eigenvalue weighted by Crippen LogP contribution is 2.40. The van der Waals surface area contributed by atoms with Crippen LogP contribution in [0.4, 0.5) is 0 Å². The van der Waals surface area contributed by atoms with Crippen LogP contribution in [0.5, 0.6) is 0 Å². The Labute approximate surface area is 167 Å². The summed E-state index contributed by atoms with van der Waals surface area (Å²) < 4.78 is 5.45. The maximum absolute atomic E-state index is 12.7. The molecule has 0 aromatic carbocycles. The molecular weight excluding hydrogens is 354 g/mol. The molecular formula is C22H31N3O3. The van der Waals surface area contributed by atoms with Gasteiger partial charge in [0.25, 0.3) is 5.91 Å². The van der Waals surface area contributed by atoms with Gasteiger partial charge in [-0.05, 0) is 49.3 Å². The topological polar surface area (TPSA) is 62.7 Å². The highest BCUT2D eigenvalue weighted by Gasteiger charge is 2.51. The van der Waals surface area contributed by atoms with Crippen molar-refractivity contribution in [3.63, 3.8) is 0 Å². The van der Waals surface area contributed by atoms with E-state index in [2.05, 4.69) is 4.98 Å². The third-order valence-corrected chi connectivity index (χ3v) is 6.78. The molecule has 1 saturated carbocycles. The molecule has 0 radical (unpaired) electrons. The van der Waals surface area contributed by atoms with Crippen molar-refractivity contribution in [1.82, 2.24) is 14.8 Å². The molecule has 4 rings (SSSR count). The van der Waals surface area contributed by atoms with Gasteiger partial charge in [0, 0.05) is 45.1 Å². The zero-order chi connectivity index (χ0) is 19.5.